The molecule has 0 amide bonds. The molecule has 0 saturated carbocycles. The van der Waals surface area contributed by atoms with Gasteiger partial charge < -0.3 is 0 Å². The molecule has 292 valence electrons. The van der Waals surface area contributed by atoms with E-state index in [4.69, 9.17) is 35.6 Å². The predicted octanol–water partition coefficient (Wildman–Crippen LogP) is 21.0. The fourth-order valence-electron chi connectivity index (χ4n) is 6.19. The summed E-state index contributed by atoms with van der Waals surface area (Å²) >= 11 is 18.5. The van der Waals surface area contributed by atoms with Crippen molar-refractivity contribution in [3.63, 3.8) is 0 Å². The zero-order valence-electron chi connectivity index (χ0n) is 52.3. The number of hydrogen-bond acceptors (Lipinski definition) is 0. The van der Waals surface area contributed by atoms with Crippen molar-refractivity contribution in [1.29, 1.82) is 0 Å². The molecule has 12 rings (SSSR count). The summed E-state index contributed by atoms with van der Waals surface area (Å²) in [6, 6.07) is -8.38. The van der Waals surface area contributed by atoms with Crippen molar-refractivity contribution in [2.45, 2.75) is 29.7 Å². The van der Waals surface area contributed by atoms with Crippen LogP contribution in [-0.2, 0) is 0 Å². The highest BCUT2D eigenvalue weighted by Crippen LogP contribution is 2.41. The van der Waals surface area contributed by atoms with Gasteiger partial charge in [0.15, 0.2) is 0 Å². The molecule has 0 aliphatic heterocycles. The average Bonchev–Trinajstić information content (AvgIpc) is 0.998. The van der Waals surface area contributed by atoms with Crippen LogP contribution in [0.15, 0.2) is 175 Å². The van der Waals surface area contributed by atoms with Gasteiger partial charge in [-0.15, -0.1) is 0 Å². The third kappa shape index (κ3) is 7.74. The van der Waals surface area contributed by atoms with Gasteiger partial charge >= 0.3 is 0 Å². The fraction of sp³-hybridized carbons (Fsp3) is 0.0769. The summed E-state index contributed by atoms with van der Waals surface area (Å²) in [5.74, 6) is 0. The molecule has 0 fully saturated rings. The first-order valence-electron chi connectivity index (χ1n) is 28.1. The highest BCUT2D eigenvalue weighted by atomic mass is 80.9. The minimum Gasteiger partial charge on any atom is -0.0776 e. The standard InChI is InChI=1S/2C16H8Br2.C16H10.4CH4.Br2/c17-13-8-4-10-2-6-12-14(18)7-3-9-1-5-11(13)16(10)15(9)12;17-13-7-3-9-1-2-10-4-8-14(18)12-6-5-11(13)15(9)16(10)12;1-3-11-7-9-13-5-2-6-14-10-8-12(4-1)15(11)16(13)14;;;;;1-2/h2*1-8H;1-10H;4*1H4;/i2*1D,2D,3D,4D,5D,6D,7D,8D;1D,2D,3D,4D,5D,6D,7D,8D,9D,10D;;;;;. The predicted molar refractivity (Wildman–Crippen MR) is 286 cm³/mol. The Morgan fingerprint density at radius 2 is 0.414 bits per heavy atom. The Morgan fingerprint density at radius 1 is 0.241 bits per heavy atom. The summed E-state index contributed by atoms with van der Waals surface area (Å²) in [5, 5.41) is 1.99. The van der Waals surface area contributed by atoms with Crippen molar-refractivity contribution < 1.29 is 35.6 Å². The molecule has 12 aromatic rings. The van der Waals surface area contributed by atoms with Crippen LogP contribution in [0, 0.1) is 0 Å². The van der Waals surface area contributed by atoms with E-state index in [1.807, 2.05) is 0 Å². The summed E-state index contributed by atoms with van der Waals surface area (Å²) in [6.45, 7) is 0. The van der Waals surface area contributed by atoms with Gasteiger partial charge in [0, 0.05) is 46.1 Å². The average molecular weight is 1170 g/mol. The number of halogens is 6. The van der Waals surface area contributed by atoms with Gasteiger partial charge in [-0.25, -0.2) is 0 Å². The molecule has 0 spiro atoms. The second-order valence-corrected chi connectivity index (χ2v) is 14.4. The van der Waals surface area contributed by atoms with Gasteiger partial charge in [0.05, 0.1) is 35.6 Å². The summed E-state index contributed by atoms with van der Waals surface area (Å²) < 4.78 is 214. The summed E-state index contributed by atoms with van der Waals surface area (Å²) in [7, 11) is 0. The van der Waals surface area contributed by atoms with Crippen LogP contribution in [0.2, 0.25) is 0 Å². The van der Waals surface area contributed by atoms with Crippen molar-refractivity contribution in [2.75, 3.05) is 0 Å². The molecule has 12 aromatic carbocycles. The first kappa shape index (κ1) is 21.9. The van der Waals surface area contributed by atoms with Crippen LogP contribution in [0.25, 0.3) is 97.0 Å². The van der Waals surface area contributed by atoms with Gasteiger partial charge in [-0.2, -0.15) is 0 Å². The lowest BCUT2D eigenvalue weighted by molar-refractivity contribution is 1.73. The Morgan fingerprint density at radius 3 is 0.655 bits per heavy atom. The Kier molecular flexibility index (Phi) is 7.16. The Hall–Kier alpha value is -3.36. The van der Waals surface area contributed by atoms with Gasteiger partial charge in [0.2, 0.25) is 0 Å². The molecule has 0 aromatic heterocycles. The number of rotatable bonds is 0. The minimum absolute atomic E-state index is 0. The molecule has 0 saturated heterocycles. The summed E-state index contributed by atoms with van der Waals surface area (Å²) in [5.41, 5.74) is 0. The van der Waals surface area contributed by atoms with Crippen LogP contribution in [0.4, 0.5) is 0 Å². The van der Waals surface area contributed by atoms with Crippen molar-refractivity contribution in [1.82, 2.24) is 0 Å². The number of hydrogen-bond donors (Lipinski definition) is 0. The number of benzene rings is 12. The topological polar surface area (TPSA) is 0 Å². The normalized spacial score (nSPS) is 17.0. The second-order valence-electron chi connectivity index (χ2n) is 11.3. The molecular weight excluding hydrogens is 1100 g/mol. The van der Waals surface area contributed by atoms with Gasteiger partial charge in [0.1, 0.15) is 0 Å². The zero-order chi connectivity index (χ0) is 59.7. The maximum atomic E-state index is 8.39. The largest absolute Gasteiger partial charge is 0.0776 e. The first-order valence-corrected chi connectivity index (χ1v) is 22.0. The van der Waals surface area contributed by atoms with Crippen molar-refractivity contribution in [2.24, 2.45) is 0 Å². The quantitative estimate of drug-likeness (QED) is 0.133. The third-order valence-electron chi connectivity index (χ3n) is 8.44. The van der Waals surface area contributed by atoms with E-state index in [-0.39, 0.29) is 220 Å². The van der Waals surface area contributed by atoms with E-state index in [0.29, 0.717) is 21.5 Å². The smallest absolute Gasteiger partial charge is 0.0635 e. The Balaban J connectivity index is 0.000000222. The molecule has 0 nitrogen and oxygen atoms in total. The van der Waals surface area contributed by atoms with E-state index >= 15 is 0 Å². The molecule has 0 heterocycles. The van der Waals surface area contributed by atoms with Crippen molar-refractivity contribution in [3.8, 4) is 0 Å². The maximum absolute atomic E-state index is 8.39. The van der Waals surface area contributed by atoms with Crippen molar-refractivity contribution in [3.05, 3.63) is 175 Å². The third-order valence-corrected chi connectivity index (χ3v) is 10.8. The van der Waals surface area contributed by atoms with Crippen LogP contribution >= 0.6 is 92.0 Å². The highest BCUT2D eigenvalue weighted by molar-refractivity contribution is 9.93. The van der Waals surface area contributed by atoms with Gasteiger partial charge in [-0.1, -0.05) is 226 Å². The van der Waals surface area contributed by atoms with Gasteiger partial charge in [-0.05, 0) is 121 Å². The lowest BCUT2D eigenvalue weighted by atomic mass is 9.94. The molecule has 0 atom stereocenters. The van der Waals surface area contributed by atoms with E-state index in [1.54, 1.807) is 0 Å². The Bertz CT molecular complexity index is 3760. The molecule has 58 heavy (non-hydrogen) atoms. The van der Waals surface area contributed by atoms with Gasteiger partial charge in [0.25, 0.3) is 0 Å². The minimum atomic E-state index is -0.505. The molecule has 0 aliphatic rings. The van der Waals surface area contributed by atoms with E-state index in [9.17, 15) is 0 Å². The van der Waals surface area contributed by atoms with Gasteiger partial charge in [-0.3, -0.25) is 0 Å². The molecular formula is C52H42Br6. The molecule has 0 radical (unpaired) electrons. The SMILES string of the molecule is BrBr.C.C.C.C.[2H]c1c([2H])c2c([2H])c([2H])c3c(Br)c([2H])c([2H])c4c([2H])c([2H])c(c1Br)c2c43.[2H]c1c([2H])c2c([2H])c([2H])c3c([2H])c([2H])c(Br)c4c([2H])c([2H])c(c1Br)c2c34.[2H]c1c([2H])c2c([2H])c([2H])c3c([2H])c([2H])c([2H])c4c([2H])c([2H])c(c1[2H])c2c34. The van der Waals surface area contributed by atoms with Crippen LogP contribution in [0.5, 0.6) is 0 Å². The fourth-order valence-corrected chi connectivity index (χ4v) is 7.78. The highest BCUT2D eigenvalue weighted by Gasteiger charge is 2.13. The van der Waals surface area contributed by atoms with Crippen molar-refractivity contribution >= 4 is 189 Å². The second kappa shape index (κ2) is 18.9. The molecule has 0 aliphatic carbocycles. The Labute approximate surface area is 426 Å². The first-order chi connectivity index (χ1) is 37.3. The zero-order valence-corrected chi connectivity index (χ0v) is 35.8. The van der Waals surface area contributed by atoms with E-state index in [0.717, 1.165) is 0 Å². The molecule has 0 N–H and O–H groups in total. The summed E-state index contributed by atoms with van der Waals surface area (Å²) in [4.78, 5) is 0. The van der Waals surface area contributed by atoms with E-state index in [2.05, 4.69) is 92.0 Å². The van der Waals surface area contributed by atoms with E-state index < -0.39 is 60.4 Å². The lowest BCUT2D eigenvalue weighted by Gasteiger charge is -2.12. The van der Waals surface area contributed by atoms with Crippen LogP contribution < -0.4 is 0 Å². The monoisotopic (exact) mass is 1170 g/mol. The van der Waals surface area contributed by atoms with E-state index in [1.165, 1.54) is 0 Å². The maximum Gasteiger partial charge on any atom is 0.0635 e. The molecule has 0 bridgehead atoms. The van der Waals surface area contributed by atoms with Crippen LogP contribution in [-0.4, -0.2) is 0 Å². The lowest BCUT2D eigenvalue weighted by Crippen LogP contribution is -1.85. The summed E-state index contributed by atoms with van der Waals surface area (Å²) in [6.07, 6.45) is 0. The molecule has 6 heteroatoms. The van der Waals surface area contributed by atoms with Crippen LogP contribution in [0.3, 0.4) is 0 Å². The van der Waals surface area contributed by atoms with Crippen LogP contribution in [0.1, 0.15) is 65.3 Å². The molecule has 0 unspecified atom stereocenters.